The summed E-state index contributed by atoms with van der Waals surface area (Å²) in [6.07, 6.45) is 3.45. The van der Waals surface area contributed by atoms with E-state index in [1.165, 1.54) is 0 Å². The highest BCUT2D eigenvalue weighted by atomic mass is 16.5. The maximum atomic E-state index is 8.96. The van der Waals surface area contributed by atoms with Gasteiger partial charge in [-0.25, -0.2) is 0 Å². The van der Waals surface area contributed by atoms with Gasteiger partial charge in [0, 0.05) is 0 Å². The highest BCUT2D eigenvalue weighted by Crippen LogP contribution is 2.21. The quantitative estimate of drug-likeness (QED) is 0.823. The first-order chi connectivity index (χ1) is 7.90. The molecule has 1 aromatic rings. The fraction of sp³-hybridized carbons (Fsp3) is 0.462. The Labute approximate surface area is 96.0 Å². The van der Waals surface area contributed by atoms with E-state index in [0.717, 1.165) is 38.1 Å². The Morgan fingerprint density at radius 2 is 2.12 bits per heavy atom. The molecule has 1 saturated heterocycles. The summed E-state index contributed by atoms with van der Waals surface area (Å²) in [6.45, 7) is 2.07. The van der Waals surface area contributed by atoms with Crippen LogP contribution in [0.4, 0.5) is 0 Å². The van der Waals surface area contributed by atoms with Crippen molar-refractivity contribution in [1.29, 1.82) is 5.26 Å². The van der Waals surface area contributed by atoms with E-state index in [0.29, 0.717) is 5.56 Å². The van der Waals surface area contributed by atoms with Gasteiger partial charge in [-0.1, -0.05) is 12.1 Å². The molecule has 0 radical (unpaired) electrons. The van der Waals surface area contributed by atoms with Gasteiger partial charge in [-0.2, -0.15) is 5.26 Å². The summed E-state index contributed by atoms with van der Waals surface area (Å²) >= 11 is 0. The van der Waals surface area contributed by atoms with Gasteiger partial charge in [0.15, 0.2) is 0 Å². The van der Waals surface area contributed by atoms with Crippen LogP contribution < -0.4 is 10.1 Å². The second-order valence-corrected chi connectivity index (χ2v) is 4.03. The molecule has 0 aromatic heterocycles. The average Bonchev–Trinajstić information content (AvgIpc) is 2.58. The molecule has 3 heteroatoms. The summed E-state index contributed by atoms with van der Waals surface area (Å²) in [5, 5.41) is 12.3. The number of nitrogens with one attached hydrogen (secondary N) is 1. The molecule has 2 rings (SSSR count). The van der Waals surface area contributed by atoms with Crippen molar-refractivity contribution in [1.82, 2.24) is 5.32 Å². The van der Waals surface area contributed by atoms with Crippen LogP contribution in [-0.4, -0.2) is 19.2 Å². The number of hydrogen-bond acceptors (Lipinski definition) is 3. The van der Waals surface area contributed by atoms with Crippen molar-refractivity contribution >= 4 is 0 Å². The first-order valence-electron chi connectivity index (χ1n) is 5.76. The van der Waals surface area contributed by atoms with Crippen LogP contribution in [0.15, 0.2) is 24.3 Å². The van der Waals surface area contributed by atoms with Gasteiger partial charge in [0.1, 0.15) is 17.9 Å². The highest BCUT2D eigenvalue weighted by molar-refractivity contribution is 5.42. The Balaban J connectivity index is 2.05. The van der Waals surface area contributed by atoms with Gasteiger partial charge in [-0.15, -0.1) is 0 Å². The Morgan fingerprint density at radius 1 is 1.25 bits per heavy atom. The van der Waals surface area contributed by atoms with Crippen LogP contribution in [-0.2, 0) is 0 Å². The van der Waals surface area contributed by atoms with Crippen molar-refractivity contribution in [2.45, 2.75) is 25.4 Å². The Bertz CT molecular complexity index is 376. The summed E-state index contributed by atoms with van der Waals surface area (Å²) < 4.78 is 5.89. The fourth-order valence-corrected chi connectivity index (χ4v) is 1.95. The third kappa shape index (κ3) is 2.74. The van der Waals surface area contributed by atoms with Gasteiger partial charge in [0.05, 0.1) is 5.56 Å². The zero-order valence-corrected chi connectivity index (χ0v) is 9.28. The molecule has 1 N–H and O–H groups in total. The Kier molecular flexibility index (Phi) is 3.79. The maximum absolute atomic E-state index is 8.96. The first kappa shape index (κ1) is 11.0. The number of ether oxygens (including phenoxy) is 1. The number of nitrogens with zero attached hydrogens (tertiary/aromatic N) is 1. The largest absolute Gasteiger partial charge is 0.489 e. The lowest BCUT2D eigenvalue weighted by atomic mass is 10.1. The molecule has 0 amide bonds. The van der Waals surface area contributed by atoms with Crippen LogP contribution in [0.25, 0.3) is 0 Å². The summed E-state index contributed by atoms with van der Waals surface area (Å²) in [5.41, 5.74) is 0.625. The van der Waals surface area contributed by atoms with Crippen molar-refractivity contribution in [3.63, 3.8) is 0 Å². The minimum Gasteiger partial charge on any atom is -0.489 e. The molecule has 1 aromatic carbocycles. The van der Waals surface area contributed by atoms with E-state index in [1.54, 1.807) is 6.07 Å². The lowest BCUT2D eigenvalue weighted by Crippen LogP contribution is -2.19. The number of nitriles is 1. The monoisotopic (exact) mass is 216 g/mol. The van der Waals surface area contributed by atoms with Crippen molar-refractivity contribution in [2.75, 3.05) is 13.1 Å². The molecule has 0 spiro atoms. The van der Waals surface area contributed by atoms with Crippen LogP contribution in [0.2, 0.25) is 0 Å². The summed E-state index contributed by atoms with van der Waals surface area (Å²) in [7, 11) is 0. The molecule has 16 heavy (non-hydrogen) atoms. The van der Waals surface area contributed by atoms with Gasteiger partial charge in [-0.05, 0) is 44.5 Å². The normalized spacial score (nSPS) is 20.8. The van der Waals surface area contributed by atoms with Gasteiger partial charge >= 0.3 is 0 Å². The van der Waals surface area contributed by atoms with Crippen LogP contribution in [0, 0.1) is 11.3 Å². The molecule has 0 aliphatic carbocycles. The minimum atomic E-state index is 0.240. The average molecular weight is 216 g/mol. The molecule has 0 saturated carbocycles. The molecule has 84 valence electrons. The van der Waals surface area contributed by atoms with E-state index >= 15 is 0 Å². The molecule has 1 aliphatic rings. The van der Waals surface area contributed by atoms with Crippen LogP contribution in [0.5, 0.6) is 5.75 Å². The second-order valence-electron chi connectivity index (χ2n) is 4.03. The molecule has 1 heterocycles. The van der Waals surface area contributed by atoms with Crippen LogP contribution in [0.3, 0.4) is 0 Å². The van der Waals surface area contributed by atoms with E-state index in [-0.39, 0.29) is 6.10 Å². The van der Waals surface area contributed by atoms with Crippen molar-refractivity contribution in [3.8, 4) is 11.8 Å². The van der Waals surface area contributed by atoms with E-state index in [4.69, 9.17) is 10.00 Å². The maximum Gasteiger partial charge on any atom is 0.137 e. The summed E-state index contributed by atoms with van der Waals surface area (Å²) in [6, 6.07) is 9.60. The van der Waals surface area contributed by atoms with Crippen molar-refractivity contribution < 1.29 is 4.74 Å². The van der Waals surface area contributed by atoms with E-state index < -0.39 is 0 Å². The predicted octanol–water partition coefficient (Wildman–Crippen LogP) is 2.08. The van der Waals surface area contributed by atoms with E-state index in [9.17, 15) is 0 Å². The third-order valence-electron chi connectivity index (χ3n) is 2.82. The predicted molar refractivity (Wildman–Crippen MR) is 62.3 cm³/mol. The van der Waals surface area contributed by atoms with Crippen molar-refractivity contribution in [2.24, 2.45) is 0 Å². The van der Waals surface area contributed by atoms with Crippen LogP contribution in [0.1, 0.15) is 24.8 Å². The Morgan fingerprint density at radius 3 is 3.00 bits per heavy atom. The Hall–Kier alpha value is -1.53. The summed E-state index contributed by atoms with van der Waals surface area (Å²) in [4.78, 5) is 0. The van der Waals surface area contributed by atoms with Gasteiger partial charge < -0.3 is 10.1 Å². The standard InChI is InChI=1S/C13H16N2O/c14-10-11-4-1-2-6-13(11)16-12-5-3-8-15-9-7-12/h1-2,4,6,12,15H,3,5,7-9H2. The smallest absolute Gasteiger partial charge is 0.137 e. The van der Waals surface area contributed by atoms with Crippen LogP contribution >= 0.6 is 0 Å². The zero-order valence-electron chi connectivity index (χ0n) is 9.28. The van der Waals surface area contributed by atoms with Gasteiger partial charge in [0.2, 0.25) is 0 Å². The molecule has 3 nitrogen and oxygen atoms in total. The van der Waals surface area contributed by atoms with Gasteiger partial charge in [0.25, 0.3) is 0 Å². The van der Waals surface area contributed by atoms with Gasteiger partial charge in [-0.3, -0.25) is 0 Å². The topological polar surface area (TPSA) is 45.0 Å². The lowest BCUT2D eigenvalue weighted by Gasteiger charge is -2.17. The summed E-state index contributed by atoms with van der Waals surface area (Å²) in [5.74, 6) is 0.719. The molecular weight excluding hydrogens is 200 g/mol. The molecule has 1 atom stereocenters. The van der Waals surface area contributed by atoms with E-state index in [1.807, 2.05) is 18.2 Å². The number of benzene rings is 1. The number of para-hydroxylation sites is 1. The molecular formula is C13H16N2O. The van der Waals surface area contributed by atoms with E-state index in [2.05, 4.69) is 11.4 Å². The number of hydrogen-bond donors (Lipinski definition) is 1. The fourth-order valence-electron chi connectivity index (χ4n) is 1.95. The molecule has 1 fully saturated rings. The third-order valence-corrected chi connectivity index (χ3v) is 2.82. The highest BCUT2D eigenvalue weighted by Gasteiger charge is 2.14. The molecule has 1 unspecified atom stereocenters. The molecule has 0 bridgehead atoms. The SMILES string of the molecule is N#Cc1ccccc1OC1CCCNCC1. The lowest BCUT2D eigenvalue weighted by molar-refractivity contribution is 0.187. The first-order valence-corrected chi connectivity index (χ1v) is 5.76. The zero-order chi connectivity index (χ0) is 11.2. The molecule has 1 aliphatic heterocycles. The van der Waals surface area contributed by atoms with Crippen molar-refractivity contribution in [3.05, 3.63) is 29.8 Å². The second kappa shape index (κ2) is 5.53. The number of rotatable bonds is 2. The minimum absolute atomic E-state index is 0.240.